The molecule has 1 atom stereocenters. The molecule has 0 aromatic heterocycles. The van der Waals surface area contributed by atoms with Crippen LogP contribution in [-0.4, -0.2) is 54.5 Å². The molecular weight excluding hydrogens is 198 g/mol. The third-order valence-electron chi connectivity index (χ3n) is 3.67. The van der Waals surface area contributed by atoms with E-state index in [1.165, 1.54) is 0 Å². The number of rotatable bonds is 2. The van der Waals surface area contributed by atoms with Crippen molar-refractivity contribution in [3.05, 3.63) is 0 Å². The smallest absolute Gasteiger partial charge is 0.275 e. The molecule has 2 heterocycles. The Bertz CT molecular complexity index is 215. The number of piperidine rings is 1. The third-order valence-corrected chi connectivity index (χ3v) is 3.67. The van der Waals surface area contributed by atoms with Crippen molar-refractivity contribution < 1.29 is 8.78 Å². The molecule has 0 bridgehead atoms. The SMILES string of the molecule is CCN1CCC(N2CCCC2)C(F)(F)C1. The van der Waals surface area contributed by atoms with Crippen LogP contribution in [0.4, 0.5) is 8.78 Å². The number of nitrogens with zero attached hydrogens (tertiary/aromatic N) is 2. The maximum Gasteiger partial charge on any atom is 0.275 e. The molecule has 2 aliphatic heterocycles. The average molecular weight is 218 g/mol. The first-order chi connectivity index (χ1) is 7.13. The Balaban J connectivity index is 2.00. The molecule has 0 amide bonds. The monoisotopic (exact) mass is 218 g/mol. The lowest BCUT2D eigenvalue weighted by molar-refractivity contribution is -0.122. The number of halogens is 2. The highest BCUT2D eigenvalue weighted by Crippen LogP contribution is 2.32. The van der Waals surface area contributed by atoms with Gasteiger partial charge in [-0.25, -0.2) is 8.78 Å². The van der Waals surface area contributed by atoms with Gasteiger partial charge in [-0.3, -0.25) is 9.80 Å². The van der Waals surface area contributed by atoms with E-state index < -0.39 is 12.0 Å². The van der Waals surface area contributed by atoms with Crippen molar-refractivity contribution in [2.75, 3.05) is 32.7 Å². The zero-order chi connectivity index (χ0) is 10.9. The number of hydrogen-bond acceptors (Lipinski definition) is 2. The third kappa shape index (κ3) is 2.31. The lowest BCUT2D eigenvalue weighted by atomic mass is 9.99. The van der Waals surface area contributed by atoms with Crippen molar-refractivity contribution >= 4 is 0 Å². The fourth-order valence-electron chi connectivity index (χ4n) is 2.77. The quantitative estimate of drug-likeness (QED) is 0.697. The molecule has 0 spiro atoms. The Morgan fingerprint density at radius 2 is 1.87 bits per heavy atom. The maximum absolute atomic E-state index is 13.9. The van der Waals surface area contributed by atoms with Crippen molar-refractivity contribution in [2.45, 2.75) is 38.2 Å². The van der Waals surface area contributed by atoms with E-state index in [1.54, 1.807) is 0 Å². The van der Waals surface area contributed by atoms with Crippen LogP contribution in [0.3, 0.4) is 0 Å². The van der Waals surface area contributed by atoms with Gasteiger partial charge in [0.05, 0.1) is 12.6 Å². The molecule has 0 aromatic carbocycles. The summed E-state index contributed by atoms with van der Waals surface area (Å²) in [5.74, 6) is -2.52. The van der Waals surface area contributed by atoms with Gasteiger partial charge in [-0.2, -0.15) is 0 Å². The van der Waals surface area contributed by atoms with E-state index in [4.69, 9.17) is 0 Å². The molecule has 0 aliphatic carbocycles. The lowest BCUT2D eigenvalue weighted by Gasteiger charge is -2.42. The first-order valence-corrected chi connectivity index (χ1v) is 5.97. The molecule has 0 radical (unpaired) electrons. The molecule has 2 saturated heterocycles. The van der Waals surface area contributed by atoms with Gasteiger partial charge in [0, 0.05) is 6.54 Å². The fraction of sp³-hybridized carbons (Fsp3) is 1.00. The summed E-state index contributed by atoms with van der Waals surface area (Å²) < 4.78 is 27.7. The Morgan fingerprint density at radius 3 is 2.40 bits per heavy atom. The molecule has 2 aliphatic rings. The van der Waals surface area contributed by atoms with Crippen molar-refractivity contribution in [3.63, 3.8) is 0 Å². The van der Waals surface area contributed by atoms with E-state index >= 15 is 0 Å². The summed E-state index contributed by atoms with van der Waals surface area (Å²) in [7, 11) is 0. The van der Waals surface area contributed by atoms with Gasteiger partial charge in [0.25, 0.3) is 5.92 Å². The Labute approximate surface area is 90.2 Å². The second-order valence-corrected chi connectivity index (χ2v) is 4.68. The standard InChI is InChI=1S/C11H20F2N2/c1-2-14-8-5-10(11(12,13)9-14)15-6-3-4-7-15/h10H,2-9H2,1H3. The minimum absolute atomic E-state index is 0.0509. The first-order valence-electron chi connectivity index (χ1n) is 5.97. The van der Waals surface area contributed by atoms with Crippen LogP contribution in [0, 0.1) is 0 Å². The van der Waals surface area contributed by atoms with E-state index in [-0.39, 0.29) is 6.54 Å². The Hall–Kier alpha value is -0.220. The van der Waals surface area contributed by atoms with Crippen molar-refractivity contribution in [3.8, 4) is 0 Å². The van der Waals surface area contributed by atoms with Gasteiger partial charge >= 0.3 is 0 Å². The van der Waals surface area contributed by atoms with Crippen molar-refractivity contribution in [1.29, 1.82) is 0 Å². The fourth-order valence-corrected chi connectivity index (χ4v) is 2.77. The average Bonchev–Trinajstić information content (AvgIpc) is 2.69. The van der Waals surface area contributed by atoms with Gasteiger partial charge in [-0.15, -0.1) is 0 Å². The van der Waals surface area contributed by atoms with Crippen LogP contribution in [0.25, 0.3) is 0 Å². The van der Waals surface area contributed by atoms with Gasteiger partial charge in [-0.1, -0.05) is 6.92 Å². The highest BCUT2D eigenvalue weighted by atomic mass is 19.3. The summed E-state index contributed by atoms with van der Waals surface area (Å²) in [6.07, 6.45) is 2.80. The van der Waals surface area contributed by atoms with Crippen LogP contribution in [0.5, 0.6) is 0 Å². The normalized spacial score (nSPS) is 33.4. The molecule has 2 rings (SSSR count). The van der Waals surface area contributed by atoms with E-state index in [1.807, 2.05) is 16.7 Å². The van der Waals surface area contributed by atoms with Crippen LogP contribution >= 0.6 is 0 Å². The van der Waals surface area contributed by atoms with Gasteiger partial charge < -0.3 is 0 Å². The van der Waals surface area contributed by atoms with Gasteiger partial charge in [0.1, 0.15) is 0 Å². The van der Waals surface area contributed by atoms with Gasteiger partial charge in [0.15, 0.2) is 0 Å². The predicted octanol–water partition coefficient (Wildman–Crippen LogP) is 1.81. The van der Waals surface area contributed by atoms with Crippen LogP contribution in [-0.2, 0) is 0 Å². The second kappa shape index (κ2) is 4.34. The molecule has 15 heavy (non-hydrogen) atoms. The molecule has 0 aromatic rings. The van der Waals surface area contributed by atoms with Crippen LogP contribution in [0.15, 0.2) is 0 Å². The molecule has 2 nitrogen and oxygen atoms in total. The van der Waals surface area contributed by atoms with Crippen molar-refractivity contribution in [1.82, 2.24) is 9.80 Å². The van der Waals surface area contributed by atoms with Gasteiger partial charge in [-0.05, 0) is 38.9 Å². The zero-order valence-electron chi connectivity index (χ0n) is 9.38. The zero-order valence-corrected chi connectivity index (χ0v) is 9.38. The van der Waals surface area contributed by atoms with Crippen LogP contribution in [0.2, 0.25) is 0 Å². The first kappa shape index (κ1) is 11.3. The summed E-state index contributed by atoms with van der Waals surface area (Å²) in [6, 6.07) is -0.497. The molecule has 88 valence electrons. The maximum atomic E-state index is 13.9. The van der Waals surface area contributed by atoms with E-state index in [0.717, 1.165) is 39.0 Å². The molecular formula is C11H20F2N2. The summed E-state index contributed by atoms with van der Waals surface area (Å²) >= 11 is 0. The Kier molecular flexibility index (Phi) is 3.26. The minimum atomic E-state index is -2.52. The van der Waals surface area contributed by atoms with Gasteiger partial charge in [0.2, 0.25) is 0 Å². The summed E-state index contributed by atoms with van der Waals surface area (Å²) in [6.45, 7) is 5.20. The summed E-state index contributed by atoms with van der Waals surface area (Å²) in [4.78, 5) is 3.85. The number of alkyl halides is 2. The van der Waals surface area contributed by atoms with E-state index in [2.05, 4.69) is 0 Å². The minimum Gasteiger partial charge on any atom is -0.298 e. The molecule has 4 heteroatoms. The number of hydrogen-bond donors (Lipinski definition) is 0. The highest BCUT2D eigenvalue weighted by Gasteiger charge is 2.47. The molecule has 0 N–H and O–H groups in total. The molecule has 2 fully saturated rings. The second-order valence-electron chi connectivity index (χ2n) is 4.68. The summed E-state index contributed by atoms with van der Waals surface area (Å²) in [5.41, 5.74) is 0. The van der Waals surface area contributed by atoms with Crippen molar-refractivity contribution in [2.24, 2.45) is 0 Å². The van der Waals surface area contributed by atoms with E-state index in [0.29, 0.717) is 6.42 Å². The largest absolute Gasteiger partial charge is 0.298 e. The number of likely N-dealkylation sites (tertiary alicyclic amines) is 2. The lowest BCUT2D eigenvalue weighted by Crippen LogP contribution is -2.57. The van der Waals surface area contributed by atoms with Crippen LogP contribution < -0.4 is 0 Å². The summed E-state index contributed by atoms with van der Waals surface area (Å²) in [5, 5.41) is 0. The highest BCUT2D eigenvalue weighted by molar-refractivity contribution is 4.94. The predicted molar refractivity (Wildman–Crippen MR) is 56.3 cm³/mol. The van der Waals surface area contributed by atoms with Crippen LogP contribution in [0.1, 0.15) is 26.2 Å². The molecule has 0 saturated carbocycles. The molecule has 1 unspecified atom stereocenters. The topological polar surface area (TPSA) is 6.48 Å². The Morgan fingerprint density at radius 1 is 1.20 bits per heavy atom. The van der Waals surface area contributed by atoms with E-state index in [9.17, 15) is 8.78 Å².